The number of rotatable bonds is 5. The van der Waals surface area contributed by atoms with Gasteiger partial charge in [-0.2, -0.15) is 0 Å². The molecule has 0 spiro atoms. The van der Waals surface area contributed by atoms with Gasteiger partial charge in [0.05, 0.1) is 18.3 Å². The molecular formula is C33H42N4O3. The van der Waals surface area contributed by atoms with Crippen LogP contribution in [0.3, 0.4) is 0 Å². The van der Waals surface area contributed by atoms with Crippen molar-refractivity contribution in [3.8, 4) is 11.3 Å². The Balaban J connectivity index is 1.44. The number of hydrogen-bond acceptors (Lipinski definition) is 4. The first-order valence-corrected chi connectivity index (χ1v) is 15.0. The van der Waals surface area contributed by atoms with Crippen molar-refractivity contribution in [1.82, 2.24) is 14.8 Å². The van der Waals surface area contributed by atoms with Gasteiger partial charge in [0, 0.05) is 68.1 Å². The molecule has 2 fully saturated rings. The van der Waals surface area contributed by atoms with Crippen LogP contribution in [0.2, 0.25) is 0 Å². The minimum absolute atomic E-state index is 0.0641. The van der Waals surface area contributed by atoms with Crippen LogP contribution in [-0.2, 0) is 16.1 Å². The Morgan fingerprint density at radius 1 is 0.950 bits per heavy atom. The van der Waals surface area contributed by atoms with Gasteiger partial charge in [0.2, 0.25) is 5.91 Å². The van der Waals surface area contributed by atoms with Crippen LogP contribution < -0.4 is 10.2 Å². The lowest BCUT2D eigenvalue weighted by atomic mass is 9.81. The van der Waals surface area contributed by atoms with Crippen molar-refractivity contribution in [1.29, 1.82) is 0 Å². The van der Waals surface area contributed by atoms with Gasteiger partial charge < -0.3 is 24.4 Å². The number of anilines is 1. The van der Waals surface area contributed by atoms with Crippen LogP contribution in [0.4, 0.5) is 5.69 Å². The van der Waals surface area contributed by atoms with E-state index < -0.39 is 0 Å². The monoisotopic (exact) mass is 542 g/mol. The highest BCUT2D eigenvalue weighted by Crippen LogP contribution is 2.47. The number of aromatic nitrogens is 1. The number of carbonyl (C=O) groups is 2. The zero-order valence-corrected chi connectivity index (χ0v) is 24.2. The zero-order chi connectivity index (χ0) is 27.8. The Labute approximate surface area is 237 Å². The molecule has 2 amide bonds. The summed E-state index contributed by atoms with van der Waals surface area (Å²) in [6.07, 6.45) is 8.26. The number of nitrogens with zero attached hydrogens (tertiary/aromatic N) is 3. The lowest BCUT2D eigenvalue weighted by Gasteiger charge is -2.33. The third-order valence-corrected chi connectivity index (χ3v) is 9.40. The van der Waals surface area contributed by atoms with Gasteiger partial charge in [-0.1, -0.05) is 37.5 Å². The number of piperidine rings is 1. The van der Waals surface area contributed by atoms with Gasteiger partial charge in [0.1, 0.15) is 0 Å². The fourth-order valence-corrected chi connectivity index (χ4v) is 7.20. The van der Waals surface area contributed by atoms with Crippen molar-refractivity contribution in [2.45, 2.75) is 70.4 Å². The Bertz CT molecular complexity index is 1410. The van der Waals surface area contributed by atoms with E-state index in [2.05, 4.69) is 52.0 Å². The van der Waals surface area contributed by atoms with Crippen LogP contribution in [0.25, 0.3) is 22.2 Å². The molecule has 2 aliphatic heterocycles. The van der Waals surface area contributed by atoms with E-state index >= 15 is 0 Å². The highest BCUT2D eigenvalue weighted by molar-refractivity contribution is 6.02. The third-order valence-electron chi connectivity index (χ3n) is 9.40. The van der Waals surface area contributed by atoms with E-state index in [1.807, 2.05) is 11.0 Å². The summed E-state index contributed by atoms with van der Waals surface area (Å²) in [5, 5.41) is 4.06. The van der Waals surface area contributed by atoms with Gasteiger partial charge in [-0.25, -0.2) is 0 Å². The molecule has 1 aliphatic carbocycles. The molecule has 3 heterocycles. The molecule has 0 unspecified atom stereocenters. The van der Waals surface area contributed by atoms with E-state index in [0.717, 1.165) is 50.2 Å². The molecule has 40 heavy (non-hydrogen) atoms. The third kappa shape index (κ3) is 4.89. The highest BCUT2D eigenvalue weighted by atomic mass is 16.5. The summed E-state index contributed by atoms with van der Waals surface area (Å²) in [7, 11) is 3.45. The first-order valence-electron chi connectivity index (χ1n) is 15.0. The van der Waals surface area contributed by atoms with E-state index in [9.17, 15) is 9.59 Å². The standard InChI is InChI=1S/C33H42N4O3/c1-22-9-11-27-28(19-22)36(21-30(38)35-15-13-25(40-3)14-16-35)17-18-37-29-20-24(33(39)34-2)10-12-26(29)31(32(27)37)23-7-5-4-6-8-23/h9-12,19-20,23,25H,4-8,13-18,21H2,1-3H3,(H,34,39). The minimum atomic E-state index is -0.0641. The van der Waals surface area contributed by atoms with Gasteiger partial charge in [-0.3, -0.25) is 9.59 Å². The molecule has 1 saturated heterocycles. The minimum Gasteiger partial charge on any atom is -0.381 e. The number of carbonyl (C=O) groups excluding carboxylic acids is 2. The first-order chi connectivity index (χ1) is 19.5. The van der Waals surface area contributed by atoms with Crippen molar-refractivity contribution in [2.24, 2.45) is 0 Å². The van der Waals surface area contributed by atoms with E-state index in [-0.39, 0.29) is 17.9 Å². The Morgan fingerprint density at radius 3 is 2.45 bits per heavy atom. The Hall–Kier alpha value is -3.32. The molecule has 3 aromatic rings. The Morgan fingerprint density at radius 2 is 1.73 bits per heavy atom. The molecule has 0 bridgehead atoms. The number of benzene rings is 2. The smallest absolute Gasteiger partial charge is 0.251 e. The van der Waals surface area contributed by atoms with Crippen LogP contribution >= 0.6 is 0 Å². The maximum atomic E-state index is 13.6. The predicted molar refractivity (Wildman–Crippen MR) is 160 cm³/mol. The number of ether oxygens (including phenoxy) is 1. The molecule has 3 aliphatic rings. The fourth-order valence-electron chi connectivity index (χ4n) is 7.20. The van der Waals surface area contributed by atoms with Crippen LogP contribution in [0.15, 0.2) is 36.4 Å². The van der Waals surface area contributed by atoms with Crippen molar-refractivity contribution in [3.05, 3.63) is 53.1 Å². The van der Waals surface area contributed by atoms with Gasteiger partial charge in [-0.05, 0) is 67.9 Å². The highest BCUT2D eigenvalue weighted by Gasteiger charge is 2.32. The second-order valence-corrected chi connectivity index (χ2v) is 11.8. The second kappa shape index (κ2) is 11.3. The summed E-state index contributed by atoms with van der Waals surface area (Å²) >= 11 is 0. The lowest BCUT2D eigenvalue weighted by molar-refractivity contribution is -0.132. The number of nitrogens with one attached hydrogen (secondary N) is 1. The largest absolute Gasteiger partial charge is 0.381 e. The number of methoxy groups -OCH3 is 1. The van der Waals surface area contributed by atoms with Crippen LogP contribution in [0.1, 0.15) is 72.3 Å². The summed E-state index contributed by atoms with van der Waals surface area (Å²) in [4.78, 5) is 30.5. The molecule has 2 aromatic carbocycles. The average Bonchev–Trinajstić information content (AvgIpc) is 3.23. The summed E-state index contributed by atoms with van der Waals surface area (Å²) in [5.41, 5.74) is 8.06. The van der Waals surface area contributed by atoms with E-state index in [0.29, 0.717) is 18.0 Å². The summed E-state index contributed by atoms with van der Waals surface area (Å²) in [6.45, 7) is 5.52. The normalized spacial score (nSPS) is 18.4. The first kappa shape index (κ1) is 26.9. The molecule has 7 heteroatoms. The second-order valence-electron chi connectivity index (χ2n) is 11.8. The maximum Gasteiger partial charge on any atom is 0.251 e. The topological polar surface area (TPSA) is 66.8 Å². The molecule has 212 valence electrons. The molecule has 0 radical (unpaired) electrons. The van der Waals surface area contributed by atoms with Crippen molar-refractivity contribution in [3.63, 3.8) is 0 Å². The number of amides is 2. The summed E-state index contributed by atoms with van der Waals surface area (Å²) < 4.78 is 7.96. The van der Waals surface area contributed by atoms with Gasteiger partial charge >= 0.3 is 0 Å². The van der Waals surface area contributed by atoms with E-state index in [1.165, 1.54) is 59.9 Å². The van der Waals surface area contributed by atoms with Crippen LogP contribution in [0.5, 0.6) is 0 Å². The molecule has 1 saturated carbocycles. The number of fused-ring (bicyclic) bond motifs is 5. The molecule has 6 rings (SSSR count). The van der Waals surface area contributed by atoms with Crippen molar-refractivity contribution < 1.29 is 14.3 Å². The molecule has 7 nitrogen and oxygen atoms in total. The quantitative estimate of drug-likeness (QED) is 0.464. The van der Waals surface area contributed by atoms with E-state index in [1.54, 1.807) is 14.2 Å². The molecule has 0 atom stereocenters. The SMILES string of the molecule is CNC(=O)c1ccc2c(C3CCCCC3)c3n(c2c1)CCN(CC(=O)N1CCC(OC)CC1)c1cc(C)ccc1-3. The maximum absolute atomic E-state index is 13.6. The van der Waals surface area contributed by atoms with Crippen LogP contribution in [-0.4, -0.2) is 67.7 Å². The van der Waals surface area contributed by atoms with Crippen molar-refractivity contribution >= 4 is 28.4 Å². The van der Waals surface area contributed by atoms with Gasteiger partial charge in [0.15, 0.2) is 0 Å². The van der Waals surface area contributed by atoms with E-state index in [4.69, 9.17) is 4.74 Å². The van der Waals surface area contributed by atoms with Gasteiger partial charge in [-0.15, -0.1) is 0 Å². The lowest BCUT2D eigenvalue weighted by Crippen LogP contribution is -2.46. The van der Waals surface area contributed by atoms with Crippen molar-refractivity contribution in [2.75, 3.05) is 45.2 Å². The molecule has 1 aromatic heterocycles. The number of hydrogen-bond donors (Lipinski definition) is 1. The molecular weight excluding hydrogens is 500 g/mol. The number of likely N-dealkylation sites (tertiary alicyclic amines) is 1. The summed E-state index contributed by atoms with van der Waals surface area (Å²) in [6, 6.07) is 12.9. The zero-order valence-electron chi connectivity index (χ0n) is 24.2. The summed E-state index contributed by atoms with van der Waals surface area (Å²) in [5.74, 6) is 0.626. The predicted octanol–water partition coefficient (Wildman–Crippen LogP) is 5.48. The molecule has 1 N–H and O–H groups in total. The average molecular weight is 543 g/mol. The fraction of sp³-hybridized carbons (Fsp3) is 0.515. The number of aryl methyl sites for hydroxylation is 1. The van der Waals surface area contributed by atoms with Crippen LogP contribution in [0, 0.1) is 6.92 Å². The Kier molecular flexibility index (Phi) is 7.58. The van der Waals surface area contributed by atoms with Gasteiger partial charge in [0.25, 0.3) is 5.91 Å².